The third kappa shape index (κ3) is 3.87. The summed E-state index contributed by atoms with van der Waals surface area (Å²) in [6.45, 7) is 2.67. The van der Waals surface area contributed by atoms with Crippen molar-refractivity contribution in [3.8, 4) is 0 Å². The number of hydrogen-bond acceptors (Lipinski definition) is 4. The number of hydrogen-bond donors (Lipinski definition) is 1. The molecule has 6 heteroatoms. The van der Waals surface area contributed by atoms with Crippen LogP contribution in [0, 0.1) is 0 Å². The normalized spacial score (nSPS) is 14.1. The molecule has 2 aromatic carbocycles. The SMILES string of the molecule is O=C(NCc1cccc(C(=O)N2CCOCC2)c1)c1nccc2ccccc12. The van der Waals surface area contributed by atoms with Crippen LogP contribution in [0.3, 0.4) is 0 Å². The number of ether oxygens (including phenoxy) is 1. The Morgan fingerprint density at radius 2 is 1.86 bits per heavy atom. The number of amides is 2. The fraction of sp³-hybridized carbons (Fsp3) is 0.227. The van der Waals surface area contributed by atoms with Gasteiger partial charge in [-0.2, -0.15) is 0 Å². The molecule has 0 atom stereocenters. The zero-order valence-corrected chi connectivity index (χ0v) is 15.4. The minimum absolute atomic E-state index is 0.00723. The molecule has 142 valence electrons. The van der Waals surface area contributed by atoms with E-state index >= 15 is 0 Å². The Kier molecular flexibility index (Phi) is 5.30. The molecule has 0 bridgehead atoms. The molecule has 2 amide bonds. The first-order valence-electron chi connectivity index (χ1n) is 9.30. The van der Waals surface area contributed by atoms with Gasteiger partial charge in [-0.25, -0.2) is 0 Å². The third-order valence-corrected chi connectivity index (χ3v) is 4.81. The van der Waals surface area contributed by atoms with Crippen LogP contribution in [0.2, 0.25) is 0 Å². The largest absolute Gasteiger partial charge is 0.378 e. The first-order chi connectivity index (χ1) is 13.7. The van der Waals surface area contributed by atoms with Crippen molar-refractivity contribution in [1.82, 2.24) is 15.2 Å². The van der Waals surface area contributed by atoms with Crippen LogP contribution in [0.15, 0.2) is 60.8 Å². The molecule has 0 saturated carbocycles. The van der Waals surface area contributed by atoms with Crippen LogP contribution in [0.4, 0.5) is 0 Å². The second kappa shape index (κ2) is 8.19. The van der Waals surface area contributed by atoms with Crippen molar-refractivity contribution >= 4 is 22.6 Å². The van der Waals surface area contributed by atoms with Gasteiger partial charge in [-0.3, -0.25) is 14.6 Å². The fourth-order valence-electron chi connectivity index (χ4n) is 3.33. The van der Waals surface area contributed by atoms with E-state index in [0.29, 0.717) is 44.1 Å². The number of aromatic nitrogens is 1. The van der Waals surface area contributed by atoms with Gasteiger partial charge in [-0.05, 0) is 29.1 Å². The molecule has 1 aliphatic heterocycles. The van der Waals surface area contributed by atoms with Gasteiger partial charge in [0.15, 0.2) is 0 Å². The molecule has 0 radical (unpaired) electrons. The Hall–Kier alpha value is -3.25. The van der Waals surface area contributed by atoms with Gasteiger partial charge in [0.25, 0.3) is 11.8 Å². The molecule has 1 saturated heterocycles. The highest BCUT2D eigenvalue weighted by atomic mass is 16.5. The minimum Gasteiger partial charge on any atom is -0.378 e. The topological polar surface area (TPSA) is 71.5 Å². The van der Waals surface area contributed by atoms with E-state index in [9.17, 15) is 9.59 Å². The van der Waals surface area contributed by atoms with E-state index in [2.05, 4.69) is 10.3 Å². The maximum absolute atomic E-state index is 12.6. The quantitative estimate of drug-likeness (QED) is 0.761. The molecule has 0 aliphatic carbocycles. The predicted octanol–water partition coefficient (Wildman–Crippen LogP) is 2.64. The maximum atomic E-state index is 12.6. The van der Waals surface area contributed by atoms with Gasteiger partial charge in [0.2, 0.25) is 0 Å². The molecular weight excluding hydrogens is 354 g/mol. The van der Waals surface area contributed by atoms with Crippen molar-refractivity contribution in [2.75, 3.05) is 26.3 Å². The molecule has 1 aromatic heterocycles. The molecule has 6 nitrogen and oxygen atoms in total. The van der Waals surface area contributed by atoms with Gasteiger partial charge >= 0.3 is 0 Å². The summed E-state index contributed by atoms with van der Waals surface area (Å²) in [5.74, 6) is -0.242. The number of nitrogens with zero attached hydrogens (tertiary/aromatic N) is 2. The number of carbonyl (C=O) groups is 2. The zero-order valence-electron chi connectivity index (χ0n) is 15.4. The minimum atomic E-state index is -0.235. The number of fused-ring (bicyclic) bond motifs is 1. The first-order valence-corrected chi connectivity index (χ1v) is 9.30. The van der Waals surface area contributed by atoms with Crippen LogP contribution in [-0.2, 0) is 11.3 Å². The lowest BCUT2D eigenvalue weighted by atomic mass is 10.1. The van der Waals surface area contributed by atoms with Crippen LogP contribution in [0.1, 0.15) is 26.4 Å². The van der Waals surface area contributed by atoms with Crippen LogP contribution >= 0.6 is 0 Å². The summed E-state index contributed by atoms with van der Waals surface area (Å²) < 4.78 is 5.30. The van der Waals surface area contributed by atoms with Gasteiger partial charge in [-0.15, -0.1) is 0 Å². The molecule has 1 fully saturated rings. The molecule has 0 unspecified atom stereocenters. The molecule has 28 heavy (non-hydrogen) atoms. The molecule has 3 aromatic rings. The first kappa shape index (κ1) is 18.1. The van der Waals surface area contributed by atoms with Crippen LogP contribution in [-0.4, -0.2) is 48.0 Å². The van der Waals surface area contributed by atoms with Gasteiger partial charge in [0.1, 0.15) is 5.69 Å². The number of carbonyl (C=O) groups excluding carboxylic acids is 2. The summed E-state index contributed by atoms with van der Waals surface area (Å²) in [5, 5.41) is 4.70. The second-order valence-electron chi connectivity index (χ2n) is 6.67. The van der Waals surface area contributed by atoms with E-state index in [1.807, 2.05) is 48.5 Å². The fourth-order valence-corrected chi connectivity index (χ4v) is 3.33. The highest BCUT2D eigenvalue weighted by molar-refractivity contribution is 6.05. The second-order valence-corrected chi connectivity index (χ2v) is 6.67. The predicted molar refractivity (Wildman–Crippen MR) is 106 cm³/mol. The van der Waals surface area contributed by atoms with Crippen LogP contribution < -0.4 is 5.32 Å². The zero-order chi connectivity index (χ0) is 19.3. The van der Waals surface area contributed by atoms with Crippen molar-refractivity contribution in [2.45, 2.75) is 6.54 Å². The molecule has 2 heterocycles. The molecule has 1 N–H and O–H groups in total. The van der Waals surface area contributed by atoms with Crippen molar-refractivity contribution in [3.05, 3.63) is 77.6 Å². The summed E-state index contributed by atoms with van der Waals surface area (Å²) in [7, 11) is 0. The lowest BCUT2D eigenvalue weighted by Crippen LogP contribution is -2.40. The van der Waals surface area contributed by atoms with E-state index < -0.39 is 0 Å². The Morgan fingerprint density at radius 3 is 2.71 bits per heavy atom. The lowest BCUT2D eigenvalue weighted by molar-refractivity contribution is 0.0303. The Morgan fingerprint density at radius 1 is 1.04 bits per heavy atom. The summed E-state index contributed by atoms with van der Waals surface area (Å²) >= 11 is 0. The van der Waals surface area contributed by atoms with Gasteiger partial charge < -0.3 is 15.0 Å². The van der Waals surface area contributed by atoms with Crippen molar-refractivity contribution in [2.24, 2.45) is 0 Å². The number of pyridine rings is 1. The molecule has 1 aliphatic rings. The summed E-state index contributed by atoms with van der Waals surface area (Å²) in [6, 6.07) is 16.9. The van der Waals surface area contributed by atoms with Gasteiger partial charge in [0, 0.05) is 36.8 Å². The van der Waals surface area contributed by atoms with Crippen molar-refractivity contribution in [3.63, 3.8) is 0 Å². The molecule has 4 rings (SSSR count). The monoisotopic (exact) mass is 375 g/mol. The highest BCUT2D eigenvalue weighted by Crippen LogP contribution is 2.16. The van der Waals surface area contributed by atoms with Crippen LogP contribution in [0.25, 0.3) is 10.8 Å². The van der Waals surface area contributed by atoms with Gasteiger partial charge in [0.05, 0.1) is 13.2 Å². The summed E-state index contributed by atoms with van der Waals surface area (Å²) in [5.41, 5.74) is 1.89. The van der Waals surface area contributed by atoms with E-state index in [1.54, 1.807) is 17.2 Å². The van der Waals surface area contributed by atoms with Crippen molar-refractivity contribution < 1.29 is 14.3 Å². The average Bonchev–Trinajstić information content (AvgIpc) is 2.77. The lowest BCUT2D eigenvalue weighted by Gasteiger charge is -2.27. The van der Waals surface area contributed by atoms with Gasteiger partial charge in [-0.1, -0.05) is 36.4 Å². The summed E-state index contributed by atoms with van der Waals surface area (Å²) in [4.78, 5) is 31.3. The third-order valence-electron chi connectivity index (χ3n) is 4.81. The Balaban J connectivity index is 1.46. The maximum Gasteiger partial charge on any atom is 0.270 e. The number of rotatable bonds is 4. The van der Waals surface area contributed by atoms with Crippen LogP contribution in [0.5, 0.6) is 0 Å². The van der Waals surface area contributed by atoms with Crippen molar-refractivity contribution in [1.29, 1.82) is 0 Å². The highest BCUT2D eigenvalue weighted by Gasteiger charge is 2.18. The van der Waals surface area contributed by atoms with E-state index in [-0.39, 0.29) is 11.8 Å². The van der Waals surface area contributed by atoms with E-state index in [4.69, 9.17) is 4.74 Å². The van der Waals surface area contributed by atoms with E-state index in [1.165, 1.54) is 0 Å². The van der Waals surface area contributed by atoms with E-state index in [0.717, 1.165) is 16.3 Å². The summed E-state index contributed by atoms with van der Waals surface area (Å²) in [6.07, 6.45) is 1.64. The smallest absolute Gasteiger partial charge is 0.270 e. The number of benzene rings is 2. The molecular formula is C22H21N3O3. The Labute approximate surface area is 163 Å². The Bertz CT molecular complexity index is 1010. The molecule has 0 spiro atoms. The average molecular weight is 375 g/mol. The number of nitrogens with one attached hydrogen (secondary N) is 1. The standard InChI is InChI=1S/C22H21N3O3/c26-21(20-19-7-2-1-5-17(19)8-9-23-20)24-15-16-4-3-6-18(14-16)22(27)25-10-12-28-13-11-25/h1-9,14H,10-13,15H2,(H,24,26). The number of morpholine rings is 1.